The molecule has 1 aromatic rings. The molecule has 2 N–H and O–H groups in total. The van der Waals surface area contributed by atoms with E-state index in [0.717, 1.165) is 11.5 Å². The largest absolute Gasteiger partial charge is 0.327 e. The number of nitrogens with two attached hydrogens (primary N) is 1. The van der Waals surface area contributed by atoms with Crippen molar-refractivity contribution in [1.29, 1.82) is 0 Å². The van der Waals surface area contributed by atoms with Crippen LogP contribution < -0.4 is 5.73 Å². The SMILES string of the molecule is CC1CCC(C(N)Cc2ccccc2F)CC1. The highest BCUT2D eigenvalue weighted by Gasteiger charge is 2.24. The minimum atomic E-state index is -0.118. The number of benzene rings is 1. The van der Waals surface area contributed by atoms with Gasteiger partial charge in [0.1, 0.15) is 5.82 Å². The van der Waals surface area contributed by atoms with Gasteiger partial charge in [-0.15, -0.1) is 0 Å². The molecule has 1 aromatic carbocycles. The Morgan fingerprint density at radius 2 is 1.88 bits per heavy atom. The van der Waals surface area contributed by atoms with Crippen LogP contribution in [-0.2, 0) is 6.42 Å². The summed E-state index contributed by atoms with van der Waals surface area (Å²) < 4.78 is 13.5. The molecule has 17 heavy (non-hydrogen) atoms. The van der Waals surface area contributed by atoms with Crippen LogP contribution in [0.25, 0.3) is 0 Å². The summed E-state index contributed by atoms with van der Waals surface area (Å²) in [4.78, 5) is 0. The molecule has 1 nitrogen and oxygen atoms in total. The first-order chi connectivity index (χ1) is 8.16. The summed E-state index contributed by atoms with van der Waals surface area (Å²) in [5.74, 6) is 1.30. The monoisotopic (exact) mass is 235 g/mol. The third-order valence-electron chi connectivity index (χ3n) is 4.08. The van der Waals surface area contributed by atoms with E-state index in [1.54, 1.807) is 6.07 Å². The van der Waals surface area contributed by atoms with E-state index in [-0.39, 0.29) is 11.9 Å². The van der Waals surface area contributed by atoms with Gasteiger partial charge in [-0.3, -0.25) is 0 Å². The molecule has 0 amide bonds. The second-order valence-electron chi connectivity index (χ2n) is 5.48. The summed E-state index contributed by atoms with van der Waals surface area (Å²) in [6.45, 7) is 2.30. The molecule has 0 spiro atoms. The third kappa shape index (κ3) is 3.29. The van der Waals surface area contributed by atoms with Gasteiger partial charge in [-0.05, 0) is 42.7 Å². The quantitative estimate of drug-likeness (QED) is 0.852. The average molecular weight is 235 g/mol. The van der Waals surface area contributed by atoms with E-state index < -0.39 is 0 Å². The maximum atomic E-state index is 13.5. The zero-order valence-corrected chi connectivity index (χ0v) is 10.5. The summed E-state index contributed by atoms with van der Waals surface area (Å²) in [5, 5.41) is 0. The van der Waals surface area contributed by atoms with Gasteiger partial charge in [0.05, 0.1) is 0 Å². The molecule has 1 aliphatic carbocycles. The van der Waals surface area contributed by atoms with Crippen LogP contribution in [0.1, 0.15) is 38.2 Å². The first-order valence-corrected chi connectivity index (χ1v) is 6.66. The highest BCUT2D eigenvalue weighted by atomic mass is 19.1. The van der Waals surface area contributed by atoms with Crippen molar-refractivity contribution >= 4 is 0 Å². The van der Waals surface area contributed by atoms with E-state index in [1.807, 2.05) is 12.1 Å². The normalized spacial score (nSPS) is 26.8. The van der Waals surface area contributed by atoms with Crippen LogP contribution >= 0.6 is 0 Å². The third-order valence-corrected chi connectivity index (χ3v) is 4.08. The zero-order valence-electron chi connectivity index (χ0n) is 10.5. The highest BCUT2D eigenvalue weighted by Crippen LogP contribution is 2.30. The number of hydrogen-bond acceptors (Lipinski definition) is 1. The van der Waals surface area contributed by atoms with Crippen molar-refractivity contribution < 1.29 is 4.39 Å². The Balaban J connectivity index is 1.93. The van der Waals surface area contributed by atoms with Gasteiger partial charge in [-0.2, -0.15) is 0 Å². The smallest absolute Gasteiger partial charge is 0.126 e. The van der Waals surface area contributed by atoms with Crippen LogP contribution in [0, 0.1) is 17.7 Å². The van der Waals surface area contributed by atoms with Gasteiger partial charge in [-0.25, -0.2) is 4.39 Å². The Kier molecular flexibility index (Phi) is 4.16. The van der Waals surface area contributed by atoms with Crippen molar-refractivity contribution in [2.45, 2.75) is 45.1 Å². The molecule has 0 radical (unpaired) electrons. The average Bonchev–Trinajstić information content (AvgIpc) is 2.33. The molecular formula is C15H22FN. The highest BCUT2D eigenvalue weighted by molar-refractivity contribution is 5.18. The van der Waals surface area contributed by atoms with E-state index in [9.17, 15) is 4.39 Å². The first kappa shape index (κ1) is 12.6. The molecule has 1 saturated carbocycles. The fraction of sp³-hybridized carbons (Fsp3) is 0.600. The Morgan fingerprint density at radius 3 is 2.53 bits per heavy atom. The summed E-state index contributed by atoms with van der Waals surface area (Å²) in [6.07, 6.45) is 5.63. The lowest BCUT2D eigenvalue weighted by Crippen LogP contribution is -2.34. The van der Waals surface area contributed by atoms with E-state index in [4.69, 9.17) is 5.73 Å². The number of halogens is 1. The van der Waals surface area contributed by atoms with Crippen molar-refractivity contribution in [1.82, 2.24) is 0 Å². The molecular weight excluding hydrogens is 213 g/mol. The van der Waals surface area contributed by atoms with Gasteiger partial charge in [-0.1, -0.05) is 38.0 Å². The Hall–Kier alpha value is -0.890. The van der Waals surface area contributed by atoms with Gasteiger partial charge in [0.2, 0.25) is 0 Å². The standard InChI is InChI=1S/C15H22FN/c1-11-6-8-12(9-7-11)15(17)10-13-4-2-3-5-14(13)16/h2-5,11-12,15H,6-10,17H2,1H3. The Morgan fingerprint density at radius 1 is 1.24 bits per heavy atom. The van der Waals surface area contributed by atoms with Crippen molar-refractivity contribution in [2.75, 3.05) is 0 Å². The molecule has 0 bridgehead atoms. The first-order valence-electron chi connectivity index (χ1n) is 6.66. The Bertz CT molecular complexity index is 356. The van der Waals surface area contributed by atoms with Crippen molar-refractivity contribution in [3.05, 3.63) is 35.6 Å². The second kappa shape index (κ2) is 5.63. The fourth-order valence-corrected chi connectivity index (χ4v) is 2.80. The van der Waals surface area contributed by atoms with E-state index in [2.05, 4.69) is 6.92 Å². The number of rotatable bonds is 3. The van der Waals surface area contributed by atoms with E-state index in [0.29, 0.717) is 12.3 Å². The minimum absolute atomic E-state index is 0.111. The molecule has 0 heterocycles. The summed E-state index contributed by atoms with van der Waals surface area (Å²) in [5.41, 5.74) is 6.99. The second-order valence-corrected chi connectivity index (χ2v) is 5.48. The molecule has 1 unspecified atom stereocenters. The molecule has 0 aliphatic heterocycles. The molecule has 1 atom stereocenters. The van der Waals surface area contributed by atoms with Crippen molar-refractivity contribution in [3.63, 3.8) is 0 Å². The van der Waals surface area contributed by atoms with Crippen LogP contribution in [0.5, 0.6) is 0 Å². The minimum Gasteiger partial charge on any atom is -0.327 e. The van der Waals surface area contributed by atoms with E-state index in [1.165, 1.54) is 31.7 Å². The lowest BCUT2D eigenvalue weighted by molar-refractivity contribution is 0.252. The predicted molar refractivity (Wildman–Crippen MR) is 69.2 cm³/mol. The van der Waals surface area contributed by atoms with Crippen LogP contribution in [0.15, 0.2) is 24.3 Å². The van der Waals surface area contributed by atoms with Gasteiger partial charge in [0.15, 0.2) is 0 Å². The number of hydrogen-bond donors (Lipinski definition) is 1. The molecule has 1 fully saturated rings. The van der Waals surface area contributed by atoms with Crippen LogP contribution in [0.4, 0.5) is 4.39 Å². The van der Waals surface area contributed by atoms with Gasteiger partial charge in [0.25, 0.3) is 0 Å². The maximum absolute atomic E-state index is 13.5. The topological polar surface area (TPSA) is 26.0 Å². The van der Waals surface area contributed by atoms with Crippen molar-refractivity contribution in [2.24, 2.45) is 17.6 Å². The predicted octanol–water partition coefficient (Wildman–Crippen LogP) is 3.52. The fourth-order valence-electron chi connectivity index (χ4n) is 2.80. The molecule has 1 aliphatic rings. The summed E-state index contributed by atoms with van der Waals surface area (Å²) in [6, 6.07) is 7.09. The van der Waals surface area contributed by atoms with Crippen molar-refractivity contribution in [3.8, 4) is 0 Å². The van der Waals surface area contributed by atoms with Crippen LogP contribution in [-0.4, -0.2) is 6.04 Å². The van der Waals surface area contributed by atoms with Crippen LogP contribution in [0.2, 0.25) is 0 Å². The molecule has 2 heteroatoms. The molecule has 2 rings (SSSR count). The molecule has 0 aromatic heterocycles. The van der Waals surface area contributed by atoms with Gasteiger partial charge >= 0.3 is 0 Å². The van der Waals surface area contributed by atoms with Gasteiger partial charge < -0.3 is 5.73 Å². The molecule has 0 saturated heterocycles. The lowest BCUT2D eigenvalue weighted by Gasteiger charge is -2.30. The summed E-state index contributed by atoms with van der Waals surface area (Å²) >= 11 is 0. The zero-order chi connectivity index (χ0) is 12.3. The maximum Gasteiger partial charge on any atom is 0.126 e. The molecule has 94 valence electrons. The summed E-state index contributed by atoms with van der Waals surface area (Å²) in [7, 11) is 0. The van der Waals surface area contributed by atoms with Gasteiger partial charge in [0, 0.05) is 6.04 Å². The van der Waals surface area contributed by atoms with E-state index >= 15 is 0 Å². The lowest BCUT2D eigenvalue weighted by atomic mass is 9.78. The Labute approximate surface area is 103 Å². The van der Waals surface area contributed by atoms with Crippen LogP contribution in [0.3, 0.4) is 0 Å².